The van der Waals surface area contributed by atoms with E-state index < -0.39 is 0 Å². The molecule has 0 unspecified atom stereocenters. The van der Waals surface area contributed by atoms with Crippen molar-refractivity contribution in [1.82, 2.24) is 5.43 Å². The van der Waals surface area contributed by atoms with E-state index in [4.69, 9.17) is 0 Å². The van der Waals surface area contributed by atoms with Crippen LogP contribution >= 0.6 is 0 Å². The van der Waals surface area contributed by atoms with Gasteiger partial charge in [0.25, 0.3) is 0 Å². The lowest BCUT2D eigenvalue weighted by Gasteiger charge is -2.07. The van der Waals surface area contributed by atoms with E-state index in [1.807, 2.05) is 39.0 Å². The lowest BCUT2D eigenvalue weighted by atomic mass is 10.1. The number of carbonyl (C=O) groups is 2. The highest BCUT2D eigenvalue weighted by atomic mass is 16.2. The van der Waals surface area contributed by atoms with Gasteiger partial charge in [-0.2, -0.15) is 5.10 Å². The zero-order valence-electron chi connectivity index (χ0n) is 13.8. The smallest absolute Gasteiger partial charge is 0.240 e. The molecule has 0 fully saturated rings. The second-order valence-electron chi connectivity index (χ2n) is 5.48. The van der Waals surface area contributed by atoms with Crippen LogP contribution in [0.4, 0.5) is 5.69 Å². The fourth-order valence-corrected chi connectivity index (χ4v) is 1.90. The number of hydrogen-bond donors (Lipinski definition) is 2. The van der Waals surface area contributed by atoms with Crippen LogP contribution in [0.2, 0.25) is 0 Å². The van der Waals surface area contributed by atoms with Crippen molar-refractivity contribution in [2.45, 2.75) is 53.4 Å². The molecule has 0 bridgehead atoms. The number of hydrazone groups is 1. The highest BCUT2D eigenvalue weighted by molar-refractivity contribution is 5.93. The van der Waals surface area contributed by atoms with Crippen LogP contribution in [0.5, 0.6) is 0 Å². The third kappa shape index (κ3) is 6.52. The molecular formula is C17H25N3O2. The van der Waals surface area contributed by atoms with Crippen LogP contribution in [0.15, 0.2) is 23.3 Å². The van der Waals surface area contributed by atoms with Crippen LogP contribution in [-0.2, 0) is 9.59 Å². The lowest BCUT2D eigenvalue weighted by molar-refractivity contribution is -0.124. The summed E-state index contributed by atoms with van der Waals surface area (Å²) in [5.74, 6) is -0.418. The Labute approximate surface area is 132 Å². The molecule has 1 aromatic rings. The van der Waals surface area contributed by atoms with Gasteiger partial charge in [0, 0.05) is 24.2 Å². The Morgan fingerprint density at radius 2 is 1.73 bits per heavy atom. The van der Waals surface area contributed by atoms with Crippen LogP contribution in [0.1, 0.15) is 50.7 Å². The van der Waals surface area contributed by atoms with E-state index in [0.29, 0.717) is 0 Å². The largest absolute Gasteiger partial charge is 0.326 e. The Kier molecular flexibility index (Phi) is 7.29. The number of amides is 2. The molecule has 1 rings (SSSR count). The van der Waals surface area contributed by atoms with Gasteiger partial charge in [0.2, 0.25) is 11.8 Å². The first-order chi connectivity index (χ1) is 10.4. The van der Waals surface area contributed by atoms with Crippen molar-refractivity contribution in [3.63, 3.8) is 0 Å². The molecule has 0 saturated heterocycles. The van der Waals surface area contributed by atoms with Crippen molar-refractivity contribution in [1.29, 1.82) is 0 Å². The predicted molar refractivity (Wildman–Crippen MR) is 89.9 cm³/mol. The molecule has 22 heavy (non-hydrogen) atoms. The summed E-state index contributed by atoms with van der Waals surface area (Å²) in [6, 6.07) is 5.74. The SMILES string of the molecule is CCC/C(C)=N/NC(=O)CCC(=O)Nc1ccc(C)c(C)c1. The lowest BCUT2D eigenvalue weighted by Crippen LogP contribution is -2.21. The molecule has 0 radical (unpaired) electrons. The summed E-state index contributed by atoms with van der Waals surface area (Å²) in [6.07, 6.45) is 2.11. The molecule has 0 heterocycles. The van der Waals surface area contributed by atoms with Gasteiger partial charge < -0.3 is 5.32 Å². The number of anilines is 1. The highest BCUT2D eigenvalue weighted by Crippen LogP contribution is 2.14. The number of benzene rings is 1. The summed E-state index contributed by atoms with van der Waals surface area (Å²) in [6.45, 7) is 7.94. The summed E-state index contributed by atoms with van der Waals surface area (Å²) < 4.78 is 0. The summed E-state index contributed by atoms with van der Waals surface area (Å²) >= 11 is 0. The topological polar surface area (TPSA) is 70.6 Å². The quantitative estimate of drug-likeness (QED) is 0.599. The molecule has 5 heteroatoms. The summed E-state index contributed by atoms with van der Waals surface area (Å²) in [4.78, 5) is 23.4. The number of rotatable bonds is 7. The number of hydrogen-bond acceptors (Lipinski definition) is 3. The van der Waals surface area contributed by atoms with E-state index in [1.165, 1.54) is 5.56 Å². The molecule has 0 saturated carbocycles. The molecule has 0 spiro atoms. The van der Waals surface area contributed by atoms with Gasteiger partial charge in [-0.1, -0.05) is 19.4 Å². The maximum absolute atomic E-state index is 11.8. The molecule has 0 atom stereocenters. The Morgan fingerprint density at radius 1 is 1.05 bits per heavy atom. The van der Waals surface area contributed by atoms with Gasteiger partial charge in [0.1, 0.15) is 0 Å². The maximum atomic E-state index is 11.8. The summed E-state index contributed by atoms with van der Waals surface area (Å²) in [5.41, 5.74) is 6.41. The van der Waals surface area contributed by atoms with E-state index in [2.05, 4.69) is 22.8 Å². The zero-order valence-corrected chi connectivity index (χ0v) is 13.8. The molecular weight excluding hydrogens is 278 g/mol. The standard InChI is InChI=1S/C17H25N3O2/c1-5-6-14(4)19-20-17(22)10-9-16(21)18-15-8-7-12(2)13(3)11-15/h7-8,11H,5-6,9-10H2,1-4H3,(H,18,21)(H,20,22)/b19-14+. The molecule has 2 amide bonds. The zero-order chi connectivity index (χ0) is 16.5. The molecule has 0 aliphatic carbocycles. The average molecular weight is 303 g/mol. The van der Waals surface area contributed by atoms with Gasteiger partial charge in [-0.05, 0) is 50.5 Å². The highest BCUT2D eigenvalue weighted by Gasteiger charge is 2.07. The van der Waals surface area contributed by atoms with E-state index >= 15 is 0 Å². The average Bonchev–Trinajstić information content (AvgIpc) is 2.47. The van der Waals surface area contributed by atoms with Crippen molar-refractivity contribution in [2.75, 3.05) is 5.32 Å². The second-order valence-corrected chi connectivity index (χ2v) is 5.48. The van der Waals surface area contributed by atoms with Crippen molar-refractivity contribution < 1.29 is 9.59 Å². The molecule has 0 aliphatic heterocycles. The van der Waals surface area contributed by atoms with Gasteiger partial charge in [0.15, 0.2) is 0 Å². The van der Waals surface area contributed by atoms with Crippen molar-refractivity contribution in [3.05, 3.63) is 29.3 Å². The van der Waals surface area contributed by atoms with Crippen LogP contribution in [-0.4, -0.2) is 17.5 Å². The first-order valence-corrected chi connectivity index (χ1v) is 7.61. The van der Waals surface area contributed by atoms with E-state index in [9.17, 15) is 9.59 Å². The predicted octanol–water partition coefficient (Wildman–Crippen LogP) is 3.31. The number of nitrogens with one attached hydrogen (secondary N) is 2. The van der Waals surface area contributed by atoms with Crippen molar-refractivity contribution >= 4 is 23.2 Å². The van der Waals surface area contributed by atoms with Gasteiger partial charge in [-0.15, -0.1) is 0 Å². The van der Waals surface area contributed by atoms with E-state index in [1.54, 1.807) is 0 Å². The Bertz CT molecular complexity index is 565. The summed E-state index contributed by atoms with van der Waals surface area (Å²) in [5, 5.41) is 6.78. The van der Waals surface area contributed by atoms with Gasteiger partial charge in [0.05, 0.1) is 0 Å². The van der Waals surface area contributed by atoms with E-state index in [-0.39, 0.29) is 24.7 Å². The molecule has 1 aromatic carbocycles. The van der Waals surface area contributed by atoms with Crippen molar-refractivity contribution in [3.8, 4) is 0 Å². The maximum Gasteiger partial charge on any atom is 0.240 e. The normalized spacial score (nSPS) is 11.2. The van der Waals surface area contributed by atoms with Crippen LogP contribution in [0.25, 0.3) is 0 Å². The Balaban J connectivity index is 2.38. The molecule has 120 valence electrons. The number of carbonyl (C=O) groups excluding carboxylic acids is 2. The fourth-order valence-electron chi connectivity index (χ4n) is 1.90. The number of nitrogens with zero attached hydrogens (tertiary/aromatic N) is 1. The summed E-state index contributed by atoms with van der Waals surface area (Å²) in [7, 11) is 0. The second kappa shape index (κ2) is 8.97. The third-order valence-electron chi connectivity index (χ3n) is 3.35. The van der Waals surface area contributed by atoms with Crippen LogP contribution < -0.4 is 10.7 Å². The molecule has 0 aromatic heterocycles. The van der Waals surface area contributed by atoms with Gasteiger partial charge in [-0.3, -0.25) is 9.59 Å². The first-order valence-electron chi connectivity index (χ1n) is 7.61. The Hall–Kier alpha value is -2.17. The minimum Gasteiger partial charge on any atom is -0.326 e. The third-order valence-corrected chi connectivity index (χ3v) is 3.35. The van der Waals surface area contributed by atoms with E-state index in [0.717, 1.165) is 29.8 Å². The minimum absolute atomic E-state index is 0.125. The van der Waals surface area contributed by atoms with Gasteiger partial charge in [-0.25, -0.2) is 5.43 Å². The Morgan fingerprint density at radius 3 is 2.36 bits per heavy atom. The van der Waals surface area contributed by atoms with Crippen LogP contribution in [0, 0.1) is 13.8 Å². The monoisotopic (exact) mass is 303 g/mol. The number of aryl methyl sites for hydroxylation is 2. The fraction of sp³-hybridized carbons (Fsp3) is 0.471. The minimum atomic E-state index is -0.245. The molecule has 0 aliphatic rings. The van der Waals surface area contributed by atoms with Gasteiger partial charge >= 0.3 is 0 Å². The molecule has 5 nitrogen and oxygen atoms in total. The first kappa shape index (κ1) is 17.9. The van der Waals surface area contributed by atoms with Crippen molar-refractivity contribution in [2.24, 2.45) is 5.10 Å². The van der Waals surface area contributed by atoms with Crippen LogP contribution in [0.3, 0.4) is 0 Å². The molecule has 2 N–H and O–H groups in total.